The first-order valence-electron chi connectivity index (χ1n) is 5.75. The number of benzene rings is 1. The van der Waals surface area contributed by atoms with E-state index in [-0.39, 0.29) is 5.28 Å². The van der Waals surface area contributed by atoms with Crippen LogP contribution in [0.4, 0.5) is 0 Å². The minimum Gasteiger partial charge on any atom is -0.497 e. The SMILES string of the molecule is COc1cccc(-c2nc(Cl)nc3sc(C)cc23)c1. The maximum absolute atomic E-state index is 6.01. The summed E-state index contributed by atoms with van der Waals surface area (Å²) in [7, 11) is 1.65. The second-order valence-corrected chi connectivity index (χ2v) is 5.72. The number of hydrogen-bond acceptors (Lipinski definition) is 4. The maximum Gasteiger partial charge on any atom is 0.224 e. The van der Waals surface area contributed by atoms with E-state index in [1.165, 1.54) is 4.88 Å². The molecule has 0 saturated heterocycles. The average Bonchev–Trinajstić information content (AvgIpc) is 2.78. The molecule has 2 heterocycles. The predicted molar refractivity (Wildman–Crippen MR) is 79.2 cm³/mol. The van der Waals surface area contributed by atoms with Gasteiger partial charge in [-0.15, -0.1) is 11.3 Å². The van der Waals surface area contributed by atoms with Crippen LogP contribution in [0.1, 0.15) is 4.88 Å². The van der Waals surface area contributed by atoms with Crippen molar-refractivity contribution >= 4 is 33.2 Å². The van der Waals surface area contributed by atoms with Gasteiger partial charge in [0.15, 0.2) is 0 Å². The Balaban J connectivity index is 2.28. The van der Waals surface area contributed by atoms with Gasteiger partial charge in [-0.1, -0.05) is 12.1 Å². The fraction of sp³-hybridized carbons (Fsp3) is 0.143. The highest BCUT2D eigenvalue weighted by molar-refractivity contribution is 7.18. The number of halogens is 1. The molecule has 0 aliphatic carbocycles. The number of rotatable bonds is 2. The third-order valence-electron chi connectivity index (χ3n) is 2.83. The molecule has 0 fully saturated rings. The minimum atomic E-state index is 0.271. The number of ether oxygens (including phenoxy) is 1. The normalized spacial score (nSPS) is 10.9. The first kappa shape index (κ1) is 12.4. The van der Waals surface area contributed by atoms with E-state index in [1.54, 1.807) is 18.4 Å². The van der Waals surface area contributed by atoms with Crippen molar-refractivity contribution in [3.63, 3.8) is 0 Å². The Labute approximate surface area is 119 Å². The molecule has 0 aliphatic heterocycles. The molecule has 5 heteroatoms. The molecule has 0 saturated carbocycles. The van der Waals surface area contributed by atoms with Crippen molar-refractivity contribution in [2.45, 2.75) is 6.92 Å². The number of fused-ring (bicyclic) bond motifs is 1. The van der Waals surface area contributed by atoms with Gasteiger partial charge in [0.1, 0.15) is 10.6 Å². The Morgan fingerprint density at radius 1 is 1.21 bits per heavy atom. The largest absolute Gasteiger partial charge is 0.497 e. The molecule has 0 N–H and O–H groups in total. The quantitative estimate of drug-likeness (QED) is 0.659. The van der Waals surface area contributed by atoms with Crippen molar-refractivity contribution in [3.05, 3.63) is 40.5 Å². The Kier molecular flexibility index (Phi) is 3.12. The van der Waals surface area contributed by atoms with Crippen molar-refractivity contribution in [2.24, 2.45) is 0 Å². The summed E-state index contributed by atoms with van der Waals surface area (Å²) < 4.78 is 5.25. The number of aryl methyl sites for hydroxylation is 1. The number of methoxy groups -OCH3 is 1. The van der Waals surface area contributed by atoms with Crippen LogP contribution < -0.4 is 4.74 Å². The summed E-state index contributed by atoms with van der Waals surface area (Å²) in [4.78, 5) is 10.7. The predicted octanol–water partition coefficient (Wildman–Crippen LogP) is 4.33. The fourth-order valence-electron chi connectivity index (χ4n) is 2.01. The number of aromatic nitrogens is 2. The molecule has 2 aromatic heterocycles. The summed E-state index contributed by atoms with van der Waals surface area (Å²) in [6.45, 7) is 2.05. The molecule has 3 aromatic rings. The van der Waals surface area contributed by atoms with Gasteiger partial charge in [-0.2, -0.15) is 0 Å². The van der Waals surface area contributed by atoms with E-state index in [2.05, 4.69) is 23.0 Å². The molecule has 0 bridgehead atoms. The molecule has 3 nitrogen and oxygen atoms in total. The summed E-state index contributed by atoms with van der Waals surface area (Å²) in [5, 5.41) is 1.30. The van der Waals surface area contributed by atoms with E-state index in [0.717, 1.165) is 27.2 Å². The number of hydrogen-bond donors (Lipinski definition) is 0. The molecule has 0 unspecified atom stereocenters. The van der Waals surface area contributed by atoms with Crippen LogP contribution >= 0.6 is 22.9 Å². The third-order valence-corrected chi connectivity index (χ3v) is 3.95. The fourth-order valence-corrected chi connectivity index (χ4v) is 3.10. The second-order valence-electron chi connectivity index (χ2n) is 4.15. The zero-order chi connectivity index (χ0) is 13.4. The van der Waals surface area contributed by atoms with Gasteiger partial charge in [-0.3, -0.25) is 0 Å². The maximum atomic E-state index is 6.01. The Morgan fingerprint density at radius 2 is 2.05 bits per heavy atom. The molecule has 0 radical (unpaired) electrons. The van der Waals surface area contributed by atoms with Crippen LogP contribution in [0.25, 0.3) is 21.5 Å². The molecular formula is C14H11ClN2OS. The van der Waals surface area contributed by atoms with Gasteiger partial charge >= 0.3 is 0 Å². The summed E-state index contributed by atoms with van der Waals surface area (Å²) in [6, 6.07) is 9.88. The van der Waals surface area contributed by atoms with Gasteiger partial charge in [-0.05, 0) is 36.7 Å². The van der Waals surface area contributed by atoms with Crippen LogP contribution in [0, 0.1) is 6.92 Å². The van der Waals surface area contributed by atoms with Crippen LogP contribution in [-0.4, -0.2) is 17.1 Å². The first-order valence-corrected chi connectivity index (χ1v) is 6.95. The highest BCUT2D eigenvalue weighted by atomic mass is 35.5. The van der Waals surface area contributed by atoms with E-state index >= 15 is 0 Å². The van der Waals surface area contributed by atoms with E-state index in [9.17, 15) is 0 Å². The van der Waals surface area contributed by atoms with Crippen molar-refractivity contribution < 1.29 is 4.74 Å². The summed E-state index contributed by atoms with van der Waals surface area (Å²) in [5.74, 6) is 0.798. The van der Waals surface area contributed by atoms with Crippen LogP contribution in [0.3, 0.4) is 0 Å². The lowest BCUT2D eigenvalue weighted by molar-refractivity contribution is 0.415. The van der Waals surface area contributed by atoms with Gasteiger partial charge < -0.3 is 4.74 Å². The van der Waals surface area contributed by atoms with Gasteiger partial charge in [0.05, 0.1) is 12.8 Å². The average molecular weight is 291 g/mol. The van der Waals surface area contributed by atoms with E-state index < -0.39 is 0 Å². The van der Waals surface area contributed by atoms with Crippen LogP contribution in [0.5, 0.6) is 5.75 Å². The highest BCUT2D eigenvalue weighted by Crippen LogP contribution is 2.33. The van der Waals surface area contributed by atoms with Crippen molar-refractivity contribution in [3.8, 4) is 17.0 Å². The molecule has 3 rings (SSSR count). The number of thiophene rings is 1. The molecule has 1 aromatic carbocycles. The third kappa shape index (κ3) is 2.29. The smallest absolute Gasteiger partial charge is 0.224 e. The topological polar surface area (TPSA) is 35.0 Å². The van der Waals surface area contributed by atoms with Crippen molar-refractivity contribution in [1.82, 2.24) is 9.97 Å². The molecule has 0 aliphatic rings. The van der Waals surface area contributed by atoms with Crippen LogP contribution in [-0.2, 0) is 0 Å². The first-order chi connectivity index (χ1) is 9.17. The standard InChI is InChI=1S/C14H11ClN2OS/c1-8-6-11-12(16-14(15)17-13(11)19-8)9-4-3-5-10(7-9)18-2/h3-7H,1-2H3. The van der Waals surface area contributed by atoms with Gasteiger partial charge in [-0.25, -0.2) is 9.97 Å². The van der Waals surface area contributed by atoms with Crippen molar-refractivity contribution in [1.29, 1.82) is 0 Å². The highest BCUT2D eigenvalue weighted by Gasteiger charge is 2.12. The van der Waals surface area contributed by atoms with Gasteiger partial charge in [0.25, 0.3) is 0 Å². The van der Waals surface area contributed by atoms with E-state index in [4.69, 9.17) is 16.3 Å². The lowest BCUT2D eigenvalue weighted by Crippen LogP contribution is -1.89. The Morgan fingerprint density at radius 3 is 2.84 bits per heavy atom. The van der Waals surface area contributed by atoms with Crippen molar-refractivity contribution in [2.75, 3.05) is 7.11 Å². The second kappa shape index (κ2) is 4.79. The lowest BCUT2D eigenvalue weighted by Gasteiger charge is -2.05. The Bertz CT molecular complexity index is 754. The Hall–Kier alpha value is -1.65. The molecule has 0 amide bonds. The zero-order valence-corrected chi connectivity index (χ0v) is 12.0. The molecule has 96 valence electrons. The molecular weight excluding hydrogens is 280 g/mol. The minimum absolute atomic E-state index is 0.271. The molecule has 19 heavy (non-hydrogen) atoms. The van der Waals surface area contributed by atoms with E-state index in [0.29, 0.717) is 0 Å². The summed E-state index contributed by atoms with van der Waals surface area (Å²) in [6.07, 6.45) is 0. The van der Waals surface area contributed by atoms with Gasteiger partial charge in [0.2, 0.25) is 5.28 Å². The van der Waals surface area contributed by atoms with E-state index in [1.807, 2.05) is 24.3 Å². The molecule has 0 atom stereocenters. The van der Waals surface area contributed by atoms with Crippen LogP contribution in [0.15, 0.2) is 30.3 Å². The monoisotopic (exact) mass is 290 g/mol. The van der Waals surface area contributed by atoms with Gasteiger partial charge in [0, 0.05) is 15.8 Å². The summed E-state index contributed by atoms with van der Waals surface area (Å²) >= 11 is 7.63. The summed E-state index contributed by atoms with van der Waals surface area (Å²) in [5.41, 5.74) is 1.82. The molecule has 0 spiro atoms. The zero-order valence-electron chi connectivity index (χ0n) is 10.5. The van der Waals surface area contributed by atoms with Crippen LogP contribution in [0.2, 0.25) is 5.28 Å². The number of nitrogens with zero attached hydrogens (tertiary/aromatic N) is 2. The lowest BCUT2D eigenvalue weighted by atomic mass is 10.1.